The number of hydrogen-bond acceptors (Lipinski definition) is 5. The Hall–Kier alpha value is -2.67. The first-order valence-electron chi connectivity index (χ1n) is 8.07. The molecule has 1 aliphatic rings. The van der Waals surface area contributed by atoms with Crippen molar-refractivity contribution < 1.29 is 4.79 Å². The van der Waals surface area contributed by atoms with E-state index in [1.807, 2.05) is 12.1 Å². The molecule has 1 aliphatic carbocycles. The van der Waals surface area contributed by atoms with Crippen molar-refractivity contribution in [3.63, 3.8) is 0 Å². The minimum Gasteiger partial charge on any atom is -0.353 e. The molecule has 1 N–H and O–H groups in total. The van der Waals surface area contributed by atoms with Gasteiger partial charge in [0.2, 0.25) is 5.91 Å². The largest absolute Gasteiger partial charge is 0.353 e. The van der Waals surface area contributed by atoms with E-state index in [2.05, 4.69) is 15.3 Å². The summed E-state index contributed by atoms with van der Waals surface area (Å²) in [5.41, 5.74) is 1.09. The van der Waals surface area contributed by atoms with E-state index in [0.717, 1.165) is 12.8 Å². The van der Waals surface area contributed by atoms with Gasteiger partial charge in [0, 0.05) is 12.2 Å². The number of carbonyl (C=O) groups is 1. The summed E-state index contributed by atoms with van der Waals surface area (Å²) in [6.45, 7) is 0. The highest BCUT2D eigenvalue weighted by atomic mass is 32.2. The summed E-state index contributed by atoms with van der Waals surface area (Å²) in [5, 5.41) is 3.98. The van der Waals surface area contributed by atoms with Crippen LogP contribution in [0.15, 0.2) is 58.7 Å². The number of carbonyl (C=O) groups excluding carboxylic acids is 1. The third kappa shape index (κ3) is 3.41. The van der Waals surface area contributed by atoms with Gasteiger partial charge in [0.05, 0.1) is 28.5 Å². The Morgan fingerprint density at radius 3 is 2.84 bits per heavy atom. The Balaban J connectivity index is 1.75. The van der Waals surface area contributed by atoms with E-state index >= 15 is 0 Å². The normalized spacial score (nSPS) is 13.8. The van der Waals surface area contributed by atoms with Crippen LogP contribution >= 0.6 is 11.8 Å². The molecule has 1 fully saturated rings. The van der Waals surface area contributed by atoms with Crippen molar-refractivity contribution >= 4 is 28.6 Å². The van der Waals surface area contributed by atoms with Gasteiger partial charge in [0.25, 0.3) is 5.56 Å². The second-order valence-electron chi connectivity index (χ2n) is 5.89. The molecule has 0 radical (unpaired) electrons. The Labute approximate surface area is 148 Å². The van der Waals surface area contributed by atoms with Crippen LogP contribution in [0.4, 0.5) is 0 Å². The standard InChI is InChI=1S/C18H16N4O2S/c23-16(20-12-7-8-12)11-25-18-21-15-6-2-1-5-14(15)17(24)22(18)13-4-3-9-19-10-13/h1-6,9-10,12H,7-8,11H2,(H,20,23). The van der Waals surface area contributed by atoms with Crippen molar-refractivity contribution in [2.24, 2.45) is 0 Å². The number of nitrogens with zero attached hydrogens (tertiary/aromatic N) is 3. The average Bonchev–Trinajstić information content (AvgIpc) is 3.45. The Kier molecular flexibility index (Phi) is 4.23. The van der Waals surface area contributed by atoms with Gasteiger partial charge in [0.1, 0.15) is 0 Å². The Morgan fingerprint density at radius 2 is 2.08 bits per heavy atom. The minimum atomic E-state index is -0.163. The average molecular weight is 352 g/mol. The van der Waals surface area contributed by atoms with Crippen LogP contribution in [0.2, 0.25) is 0 Å². The molecule has 0 saturated heterocycles. The highest BCUT2D eigenvalue weighted by molar-refractivity contribution is 7.99. The van der Waals surface area contributed by atoms with Crippen molar-refractivity contribution in [1.29, 1.82) is 0 Å². The molecule has 4 rings (SSSR count). The van der Waals surface area contributed by atoms with E-state index in [1.165, 1.54) is 16.3 Å². The SMILES string of the molecule is O=C(CSc1nc2ccccc2c(=O)n1-c1cccnc1)NC1CC1. The fourth-order valence-electron chi connectivity index (χ4n) is 2.55. The summed E-state index contributed by atoms with van der Waals surface area (Å²) in [6.07, 6.45) is 5.36. The number of para-hydroxylation sites is 1. The van der Waals surface area contributed by atoms with Gasteiger partial charge in [-0.3, -0.25) is 19.1 Å². The lowest BCUT2D eigenvalue weighted by Crippen LogP contribution is -2.28. The lowest BCUT2D eigenvalue weighted by molar-refractivity contribution is -0.118. The molecule has 2 aromatic heterocycles. The third-order valence-corrected chi connectivity index (χ3v) is 4.86. The summed E-state index contributed by atoms with van der Waals surface area (Å²) < 4.78 is 1.52. The number of aromatic nitrogens is 3. The van der Waals surface area contributed by atoms with Crippen LogP contribution in [0, 0.1) is 0 Å². The molecule has 0 atom stereocenters. The van der Waals surface area contributed by atoms with Crippen LogP contribution in [0.25, 0.3) is 16.6 Å². The van der Waals surface area contributed by atoms with E-state index in [9.17, 15) is 9.59 Å². The van der Waals surface area contributed by atoms with E-state index in [1.54, 1.807) is 36.7 Å². The molecule has 0 unspecified atom stereocenters. The van der Waals surface area contributed by atoms with Crippen LogP contribution in [-0.4, -0.2) is 32.2 Å². The van der Waals surface area contributed by atoms with Gasteiger partial charge in [0.15, 0.2) is 5.16 Å². The highest BCUT2D eigenvalue weighted by Gasteiger charge is 2.23. The van der Waals surface area contributed by atoms with Crippen molar-refractivity contribution in [3.8, 4) is 5.69 Å². The van der Waals surface area contributed by atoms with Crippen LogP contribution in [-0.2, 0) is 4.79 Å². The summed E-state index contributed by atoms with van der Waals surface area (Å²) in [5.74, 6) is 0.189. The van der Waals surface area contributed by atoms with Crippen molar-refractivity contribution in [1.82, 2.24) is 19.9 Å². The summed E-state index contributed by atoms with van der Waals surface area (Å²) in [7, 11) is 0. The van der Waals surface area contributed by atoms with Crippen LogP contribution in [0.1, 0.15) is 12.8 Å². The van der Waals surface area contributed by atoms with Crippen LogP contribution in [0.5, 0.6) is 0 Å². The second kappa shape index (κ2) is 6.68. The van der Waals surface area contributed by atoms with E-state index in [4.69, 9.17) is 0 Å². The van der Waals surface area contributed by atoms with Gasteiger partial charge in [-0.25, -0.2) is 4.98 Å². The van der Waals surface area contributed by atoms with Crippen LogP contribution in [0.3, 0.4) is 0 Å². The molecule has 0 spiro atoms. The zero-order chi connectivity index (χ0) is 17.2. The smallest absolute Gasteiger partial charge is 0.266 e. The molecule has 1 amide bonds. The van der Waals surface area contributed by atoms with E-state index in [0.29, 0.717) is 27.8 Å². The summed E-state index contributed by atoms with van der Waals surface area (Å²) >= 11 is 1.26. The minimum absolute atomic E-state index is 0.0346. The fourth-order valence-corrected chi connectivity index (χ4v) is 3.37. The summed E-state index contributed by atoms with van der Waals surface area (Å²) in [4.78, 5) is 33.7. The number of pyridine rings is 1. The molecule has 25 heavy (non-hydrogen) atoms. The zero-order valence-corrected chi connectivity index (χ0v) is 14.2. The maximum Gasteiger partial charge on any atom is 0.266 e. The molecular weight excluding hydrogens is 336 g/mol. The first-order valence-corrected chi connectivity index (χ1v) is 9.05. The Morgan fingerprint density at radius 1 is 1.24 bits per heavy atom. The number of fused-ring (bicyclic) bond motifs is 1. The topological polar surface area (TPSA) is 76.9 Å². The number of benzene rings is 1. The molecule has 1 aromatic carbocycles. The highest BCUT2D eigenvalue weighted by Crippen LogP contribution is 2.22. The molecule has 0 bridgehead atoms. The number of thioether (sulfide) groups is 1. The Bertz CT molecular complexity index is 983. The quantitative estimate of drug-likeness (QED) is 0.562. The molecule has 1 saturated carbocycles. The van der Waals surface area contributed by atoms with Crippen LogP contribution < -0.4 is 10.9 Å². The maximum atomic E-state index is 13.0. The number of rotatable bonds is 5. The molecule has 2 heterocycles. The van der Waals surface area contributed by atoms with E-state index in [-0.39, 0.29) is 17.2 Å². The monoisotopic (exact) mass is 352 g/mol. The van der Waals surface area contributed by atoms with Gasteiger partial charge in [-0.1, -0.05) is 23.9 Å². The molecule has 6 nitrogen and oxygen atoms in total. The molecule has 3 aromatic rings. The van der Waals surface area contributed by atoms with Gasteiger partial charge in [-0.2, -0.15) is 0 Å². The van der Waals surface area contributed by atoms with Gasteiger partial charge >= 0.3 is 0 Å². The second-order valence-corrected chi connectivity index (χ2v) is 6.84. The number of amides is 1. The maximum absolute atomic E-state index is 13.0. The first-order chi connectivity index (χ1) is 12.2. The number of hydrogen-bond donors (Lipinski definition) is 1. The van der Waals surface area contributed by atoms with Gasteiger partial charge < -0.3 is 5.32 Å². The van der Waals surface area contributed by atoms with E-state index < -0.39 is 0 Å². The zero-order valence-electron chi connectivity index (χ0n) is 13.4. The predicted molar refractivity (Wildman–Crippen MR) is 97.0 cm³/mol. The predicted octanol–water partition coefficient (Wildman–Crippen LogP) is 2.15. The molecule has 7 heteroatoms. The van der Waals surface area contributed by atoms with Gasteiger partial charge in [-0.05, 0) is 37.1 Å². The lowest BCUT2D eigenvalue weighted by Gasteiger charge is -2.12. The van der Waals surface area contributed by atoms with Crippen molar-refractivity contribution in [2.75, 3.05) is 5.75 Å². The molecule has 126 valence electrons. The van der Waals surface area contributed by atoms with Crippen molar-refractivity contribution in [3.05, 3.63) is 59.1 Å². The van der Waals surface area contributed by atoms with Crippen molar-refractivity contribution in [2.45, 2.75) is 24.0 Å². The molecular formula is C18H16N4O2S. The number of nitrogens with one attached hydrogen (secondary N) is 1. The lowest BCUT2D eigenvalue weighted by atomic mass is 10.2. The fraction of sp³-hybridized carbons (Fsp3) is 0.222. The van der Waals surface area contributed by atoms with Gasteiger partial charge in [-0.15, -0.1) is 0 Å². The first kappa shape index (κ1) is 15.8. The third-order valence-electron chi connectivity index (χ3n) is 3.92. The molecule has 0 aliphatic heterocycles. The summed E-state index contributed by atoms with van der Waals surface area (Å²) in [6, 6.07) is 11.1.